The zero-order valence-electron chi connectivity index (χ0n) is 42.2. The van der Waals surface area contributed by atoms with Crippen molar-refractivity contribution in [1.82, 2.24) is 0 Å². The molecule has 1 fully saturated rings. The van der Waals surface area contributed by atoms with Gasteiger partial charge in [0.25, 0.3) is 0 Å². The number of nitrogens with one attached hydrogen (secondary N) is 2. The number of ether oxygens (including phenoxy) is 2. The number of carboxylic acids is 1. The van der Waals surface area contributed by atoms with Gasteiger partial charge in [0.1, 0.15) is 70.4 Å². The fraction of sp³-hybridized carbons (Fsp3) is 0.179. The van der Waals surface area contributed by atoms with Crippen LogP contribution < -0.4 is 10.6 Å². The van der Waals surface area contributed by atoms with Crippen LogP contribution in [-0.2, 0) is 40.5 Å². The molecule has 3 aliphatic rings. The first kappa shape index (κ1) is 66.7. The Balaban J connectivity index is 0.000000321. The van der Waals surface area contributed by atoms with Crippen molar-refractivity contribution in [3.05, 3.63) is 219 Å². The summed E-state index contributed by atoms with van der Waals surface area (Å²) >= 11 is 0. The number of fused-ring (bicyclic) bond motifs is 2. The molecular formula is C56H50BF10N2O10. The molecule has 0 aliphatic carbocycles. The number of epoxide rings is 1. The van der Waals surface area contributed by atoms with E-state index in [0.29, 0.717) is 28.9 Å². The molecule has 9 rings (SSSR count). The summed E-state index contributed by atoms with van der Waals surface area (Å²) in [6.07, 6.45) is 6.80. The lowest BCUT2D eigenvalue weighted by atomic mass is 9.86. The van der Waals surface area contributed by atoms with Crippen LogP contribution in [0.25, 0.3) is 18.2 Å². The van der Waals surface area contributed by atoms with Crippen molar-refractivity contribution in [3.63, 3.8) is 0 Å². The van der Waals surface area contributed by atoms with E-state index in [1.807, 2.05) is 0 Å². The first-order chi connectivity index (χ1) is 36.9. The van der Waals surface area contributed by atoms with Crippen LogP contribution in [0.15, 0.2) is 127 Å². The third-order valence-electron chi connectivity index (χ3n) is 10.3. The largest absolute Gasteiger partial charge is 0.478 e. The maximum Gasteiger partial charge on any atom is 0.330 e. The topological polar surface area (TPSA) is 195 Å². The average molecular weight is 1110 g/mol. The van der Waals surface area contributed by atoms with Gasteiger partial charge in [-0.05, 0) is 120 Å². The second kappa shape index (κ2) is 32.4. The van der Waals surface area contributed by atoms with E-state index >= 15 is 0 Å². The van der Waals surface area contributed by atoms with Crippen molar-refractivity contribution in [1.29, 1.82) is 0 Å². The summed E-state index contributed by atoms with van der Waals surface area (Å²) in [5.74, 6) is -8.05. The SMILES string of the molecule is CC1(C)C(=O)Nc2c(F)cccc21.CO.COC(=O)/C=C/c1cc(F)cc(F)c1.O=C(O)/C=C/c1cc(F)cc(F)c1.O=C1Cc2cccc(F)c2N1.OC/C=C/c1cc(F)cc(F)c1.OC[C@H]1O[C@@H]1c1cc(F)cc(F)c1.[B]. The molecular weight excluding hydrogens is 1060 g/mol. The number of aliphatic hydroxyl groups excluding tert-OH is 3. The highest BCUT2D eigenvalue weighted by Gasteiger charge is 2.40. The molecule has 0 spiro atoms. The Hall–Kier alpha value is -8.38. The van der Waals surface area contributed by atoms with Gasteiger partial charge in [0.2, 0.25) is 11.8 Å². The number of para-hydroxylation sites is 2. The summed E-state index contributed by atoms with van der Waals surface area (Å²) in [6.45, 7) is 3.31. The van der Waals surface area contributed by atoms with Gasteiger partial charge >= 0.3 is 11.9 Å². The summed E-state index contributed by atoms with van der Waals surface area (Å²) < 4.78 is 136. The number of amides is 2. The predicted molar refractivity (Wildman–Crippen MR) is 275 cm³/mol. The van der Waals surface area contributed by atoms with Gasteiger partial charge < -0.3 is 40.5 Å². The number of hydrogen-bond donors (Lipinski definition) is 6. The Morgan fingerprint density at radius 3 is 1.47 bits per heavy atom. The summed E-state index contributed by atoms with van der Waals surface area (Å²) in [7, 11) is 2.22. The smallest absolute Gasteiger partial charge is 0.330 e. The van der Waals surface area contributed by atoms with Gasteiger partial charge in [0, 0.05) is 51.9 Å². The zero-order valence-corrected chi connectivity index (χ0v) is 42.2. The minimum absolute atomic E-state index is 0. The molecule has 23 heteroatoms. The fourth-order valence-corrected chi connectivity index (χ4v) is 6.69. The molecule has 3 radical (unpaired) electrons. The molecule has 0 saturated carbocycles. The number of carbonyl (C=O) groups is 4. The molecule has 2 atom stereocenters. The molecule has 12 nitrogen and oxygen atoms in total. The summed E-state index contributed by atoms with van der Waals surface area (Å²) in [6, 6.07) is 21.6. The molecule has 417 valence electrons. The third-order valence-corrected chi connectivity index (χ3v) is 10.3. The van der Waals surface area contributed by atoms with Crippen LogP contribution >= 0.6 is 0 Å². The van der Waals surface area contributed by atoms with Gasteiger partial charge in [-0.2, -0.15) is 0 Å². The van der Waals surface area contributed by atoms with E-state index in [1.165, 1.54) is 61.7 Å². The van der Waals surface area contributed by atoms with Crippen molar-refractivity contribution < 1.29 is 93.0 Å². The quantitative estimate of drug-likeness (QED) is 0.0281. The fourth-order valence-electron chi connectivity index (χ4n) is 6.69. The van der Waals surface area contributed by atoms with E-state index in [9.17, 15) is 63.1 Å². The molecule has 6 aromatic rings. The van der Waals surface area contributed by atoms with E-state index in [2.05, 4.69) is 15.4 Å². The first-order valence-corrected chi connectivity index (χ1v) is 22.6. The average Bonchev–Trinajstić information content (AvgIpc) is 4.11. The highest BCUT2D eigenvalue weighted by atomic mass is 19.2. The standard InChI is InChI=1S/C10H8F2O2.C10H10FNO.C9H8F2O2.C9H6F2O2.C9H8F2O.C8H6FNO.CH4O.B/c1-14-10(13)3-2-7-4-8(11)6-9(12)5-7;1-10(2)6-4-3-5-7(11)8(6)12-9(10)13;10-6-1-5(2-7(11)3-6)9-8(4-12)13-9;10-7-3-6(1-2-9(12)13)4-8(11)5-7;10-8-4-7(2-1-3-12)5-9(11)6-8;9-6-3-1-2-5-4-7(11)10-8(5)6;1-2;/h2-6H,1H3;3-5H,1-2H3,(H,12,13);1-3,8-9,12H,4H2;1-5H,(H,12,13);1-2,4-6,12H,3H2;1-3H,4H2,(H,10,11);2H,1H3;/b3-2+;;;2*2-1+;;;/t;;8-,9-;;;;;/m..1...../s1. The Labute approximate surface area is 448 Å². The van der Waals surface area contributed by atoms with Crippen molar-refractivity contribution in [2.45, 2.75) is 37.9 Å². The van der Waals surface area contributed by atoms with Crippen molar-refractivity contribution >= 4 is 61.8 Å². The number of methoxy groups -OCH3 is 1. The van der Waals surface area contributed by atoms with Crippen LogP contribution in [0.2, 0.25) is 0 Å². The first-order valence-electron chi connectivity index (χ1n) is 22.6. The van der Waals surface area contributed by atoms with E-state index in [1.54, 1.807) is 38.1 Å². The van der Waals surface area contributed by atoms with Gasteiger partial charge in [-0.25, -0.2) is 53.5 Å². The summed E-state index contributed by atoms with van der Waals surface area (Å²) in [5, 5.41) is 37.3. The molecule has 6 aromatic carbocycles. The number of benzene rings is 6. The molecule has 3 aliphatic heterocycles. The van der Waals surface area contributed by atoms with E-state index in [0.717, 1.165) is 85.0 Å². The number of carbonyl (C=O) groups excluding carboxylic acids is 3. The van der Waals surface area contributed by atoms with Crippen molar-refractivity contribution in [2.75, 3.05) is 38.1 Å². The highest BCUT2D eigenvalue weighted by molar-refractivity contribution is 6.05. The summed E-state index contributed by atoms with van der Waals surface area (Å²) in [5.41, 5.74) is 2.84. The lowest BCUT2D eigenvalue weighted by molar-refractivity contribution is -0.135. The van der Waals surface area contributed by atoms with E-state index in [4.69, 9.17) is 25.2 Å². The lowest BCUT2D eigenvalue weighted by Crippen LogP contribution is -2.26. The monoisotopic (exact) mass is 1110 g/mol. The molecule has 6 N–H and O–H groups in total. The summed E-state index contributed by atoms with van der Waals surface area (Å²) in [4.78, 5) is 42.9. The number of carboxylic acid groups (broad SMARTS) is 1. The Morgan fingerprint density at radius 2 is 1.06 bits per heavy atom. The Morgan fingerprint density at radius 1 is 0.633 bits per heavy atom. The predicted octanol–water partition coefficient (Wildman–Crippen LogP) is 10.2. The maximum atomic E-state index is 13.2. The molecule has 0 unspecified atom stereocenters. The third kappa shape index (κ3) is 22.3. The minimum Gasteiger partial charge on any atom is -0.478 e. The van der Waals surface area contributed by atoms with E-state index < -0.39 is 63.9 Å². The number of esters is 1. The van der Waals surface area contributed by atoms with Gasteiger partial charge in [-0.15, -0.1) is 0 Å². The number of aliphatic carboxylic acids is 1. The van der Waals surface area contributed by atoms with Crippen LogP contribution in [0.3, 0.4) is 0 Å². The number of halogens is 10. The highest BCUT2D eigenvalue weighted by Crippen LogP contribution is 2.39. The van der Waals surface area contributed by atoms with Gasteiger partial charge in [-0.3, -0.25) is 9.59 Å². The number of anilines is 2. The van der Waals surface area contributed by atoms with E-state index in [-0.39, 0.29) is 68.4 Å². The van der Waals surface area contributed by atoms with Crippen LogP contribution in [0.5, 0.6) is 0 Å². The number of hydrogen-bond acceptors (Lipinski definition) is 9. The van der Waals surface area contributed by atoms with Crippen LogP contribution in [0.1, 0.15) is 53.3 Å². The minimum atomic E-state index is -1.16. The van der Waals surface area contributed by atoms with Gasteiger partial charge in [-0.1, -0.05) is 36.4 Å². The van der Waals surface area contributed by atoms with Crippen LogP contribution in [0, 0.1) is 58.2 Å². The van der Waals surface area contributed by atoms with Crippen LogP contribution in [0.4, 0.5) is 55.3 Å². The molecule has 79 heavy (non-hydrogen) atoms. The van der Waals surface area contributed by atoms with Crippen molar-refractivity contribution in [2.24, 2.45) is 0 Å². The zero-order chi connectivity index (χ0) is 58.3. The second-order valence-electron chi connectivity index (χ2n) is 16.4. The molecule has 3 heterocycles. The maximum absolute atomic E-state index is 13.2. The Bertz CT molecular complexity index is 3060. The molecule has 2 amide bonds. The van der Waals surface area contributed by atoms with Gasteiger partial charge in [0.05, 0.1) is 43.5 Å². The number of rotatable bonds is 8. The van der Waals surface area contributed by atoms with Crippen molar-refractivity contribution in [3.8, 4) is 0 Å². The lowest BCUT2D eigenvalue weighted by Gasteiger charge is -2.14. The molecule has 0 bridgehead atoms. The van der Waals surface area contributed by atoms with Crippen LogP contribution in [-0.4, -0.2) is 86.1 Å². The Kier molecular flexibility index (Phi) is 27.4. The number of aliphatic hydroxyl groups is 3. The normalized spacial score (nSPS) is 14.6. The second-order valence-corrected chi connectivity index (χ2v) is 16.4. The molecule has 1 saturated heterocycles. The molecule has 0 aromatic heterocycles. The van der Waals surface area contributed by atoms with Gasteiger partial charge in [0.15, 0.2) is 0 Å².